The van der Waals surface area contributed by atoms with E-state index in [1.54, 1.807) is 18.2 Å². The summed E-state index contributed by atoms with van der Waals surface area (Å²) < 4.78 is 0. The van der Waals surface area contributed by atoms with Crippen molar-refractivity contribution in [1.29, 1.82) is 0 Å². The number of hydrogen-bond donors (Lipinski definition) is 1. The lowest BCUT2D eigenvalue weighted by Crippen LogP contribution is -2.45. The Balaban J connectivity index is 1.70. The minimum absolute atomic E-state index is 0.0192. The molecule has 0 atom stereocenters. The van der Waals surface area contributed by atoms with E-state index in [4.69, 9.17) is 23.2 Å². The maximum Gasteiger partial charge on any atom is 0.244 e. The Hall–Kier alpha value is -2.08. The fourth-order valence-electron chi connectivity index (χ4n) is 2.77. The molecule has 0 aromatic heterocycles. The Kier molecular flexibility index (Phi) is 5.27. The molecule has 25 heavy (non-hydrogen) atoms. The molecule has 2 aromatic rings. The highest BCUT2D eigenvalue weighted by molar-refractivity contribution is 6.35. The van der Waals surface area contributed by atoms with Gasteiger partial charge in [0, 0.05) is 16.6 Å². The molecule has 1 N–H and O–H groups in total. The Morgan fingerprint density at radius 1 is 1.24 bits per heavy atom. The second-order valence-corrected chi connectivity index (χ2v) is 6.80. The van der Waals surface area contributed by atoms with Gasteiger partial charge < -0.3 is 5.32 Å². The summed E-state index contributed by atoms with van der Waals surface area (Å²) >= 11 is 12.1. The second-order valence-electron chi connectivity index (χ2n) is 5.95. The van der Waals surface area contributed by atoms with Crippen LogP contribution in [0, 0.1) is 0 Å². The number of nitrogens with zero attached hydrogens (tertiary/aromatic N) is 2. The third-order valence-electron chi connectivity index (χ3n) is 3.93. The predicted molar refractivity (Wildman–Crippen MR) is 100 cm³/mol. The van der Waals surface area contributed by atoms with Crippen molar-refractivity contribution in [3.05, 3.63) is 58.1 Å². The normalized spacial score (nSPS) is 13.6. The number of anilines is 2. The molecule has 0 fully saturated rings. The van der Waals surface area contributed by atoms with Crippen LogP contribution in [0.1, 0.15) is 5.56 Å². The third kappa shape index (κ3) is 4.12. The first-order valence-electron chi connectivity index (χ1n) is 7.76. The van der Waals surface area contributed by atoms with Crippen molar-refractivity contribution < 1.29 is 9.59 Å². The van der Waals surface area contributed by atoms with Gasteiger partial charge in [0.05, 0.1) is 17.9 Å². The summed E-state index contributed by atoms with van der Waals surface area (Å²) in [6.45, 7) is 0.690. The van der Waals surface area contributed by atoms with Gasteiger partial charge in [-0.3, -0.25) is 19.4 Å². The van der Waals surface area contributed by atoms with Gasteiger partial charge in [0.2, 0.25) is 11.8 Å². The average Bonchev–Trinajstić information content (AvgIpc) is 2.56. The fourth-order valence-corrected chi connectivity index (χ4v) is 3.24. The maximum atomic E-state index is 12.7. The van der Waals surface area contributed by atoms with Gasteiger partial charge in [0.25, 0.3) is 0 Å². The summed E-state index contributed by atoms with van der Waals surface area (Å²) in [6.07, 6.45) is 0. The summed E-state index contributed by atoms with van der Waals surface area (Å²) in [7, 11) is 1.83. The molecule has 7 heteroatoms. The number of carbonyl (C=O) groups is 2. The first-order chi connectivity index (χ1) is 11.9. The van der Waals surface area contributed by atoms with E-state index in [2.05, 4.69) is 5.32 Å². The topological polar surface area (TPSA) is 52.7 Å². The summed E-state index contributed by atoms with van der Waals surface area (Å²) in [4.78, 5) is 27.9. The van der Waals surface area contributed by atoms with E-state index in [-0.39, 0.29) is 24.9 Å². The molecule has 0 aliphatic carbocycles. The van der Waals surface area contributed by atoms with Crippen LogP contribution in [0.3, 0.4) is 0 Å². The lowest BCUT2D eigenvalue weighted by molar-refractivity contribution is -0.122. The molecule has 2 amide bonds. The Morgan fingerprint density at radius 3 is 2.76 bits per heavy atom. The highest BCUT2D eigenvalue weighted by atomic mass is 35.5. The van der Waals surface area contributed by atoms with Gasteiger partial charge in [-0.05, 0) is 36.9 Å². The number of rotatable bonds is 4. The lowest BCUT2D eigenvalue weighted by atomic mass is 10.2. The molecule has 0 unspecified atom stereocenters. The molecule has 0 bridgehead atoms. The second kappa shape index (κ2) is 7.44. The summed E-state index contributed by atoms with van der Waals surface area (Å²) in [5, 5.41) is 3.91. The number of para-hydroxylation sites is 2. The zero-order chi connectivity index (χ0) is 18.0. The van der Waals surface area contributed by atoms with Crippen LogP contribution in [0.5, 0.6) is 0 Å². The highest BCUT2D eigenvalue weighted by Crippen LogP contribution is 2.29. The van der Waals surface area contributed by atoms with E-state index >= 15 is 0 Å². The fraction of sp³-hybridized carbons (Fsp3) is 0.222. The third-order valence-corrected chi connectivity index (χ3v) is 4.52. The minimum atomic E-state index is -0.199. The maximum absolute atomic E-state index is 12.7. The molecular weight excluding hydrogens is 361 g/mol. The molecular formula is C18H17Cl2N3O2. The number of amides is 2. The van der Waals surface area contributed by atoms with Gasteiger partial charge in [-0.1, -0.05) is 41.4 Å². The van der Waals surface area contributed by atoms with Crippen molar-refractivity contribution in [2.75, 3.05) is 30.4 Å². The van der Waals surface area contributed by atoms with E-state index in [0.29, 0.717) is 28.0 Å². The summed E-state index contributed by atoms with van der Waals surface area (Å²) in [5.41, 5.74) is 2.25. The van der Waals surface area contributed by atoms with Crippen molar-refractivity contribution in [2.24, 2.45) is 0 Å². The van der Waals surface area contributed by atoms with Gasteiger partial charge in [-0.2, -0.15) is 0 Å². The number of carbonyl (C=O) groups excluding carboxylic acids is 2. The number of hydrogen-bond acceptors (Lipinski definition) is 3. The monoisotopic (exact) mass is 377 g/mol. The van der Waals surface area contributed by atoms with Crippen LogP contribution in [0.25, 0.3) is 0 Å². The zero-order valence-corrected chi connectivity index (χ0v) is 15.1. The molecule has 130 valence electrons. The van der Waals surface area contributed by atoms with Crippen molar-refractivity contribution in [2.45, 2.75) is 6.54 Å². The van der Waals surface area contributed by atoms with Gasteiger partial charge in [0.15, 0.2) is 0 Å². The van der Waals surface area contributed by atoms with E-state index < -0.39 is 0 Å². The number of likely N-dealkylation sites (N-methyl/N-ethyl adjacent to an activating group) is 1. The Morgan fingerprint density at radius 2 is 2.00 bits per heavy atom. The minimum Gasteiger partial charge on any atom is -0.323 e. The molecule has 2 aromatic carbocycles. The first kappa shape index (κ1) is 17.7. The molecule has 0 radical (unpaired) electrons. The van der Waals surface area contributed by atoms with Crippen LogP contribution < -0.4 is 10.2 Å². The zero-order valence-electron chi connectivity index (χ0n) is 13.6. The molecule has 1 heterocycles. The van der Waals surface area contributed by atoms with Crippen molar-refractivity contribution in [1.82, 2.24) is 4.90 Å². The van der Waals surface area contributed by atoms with Crippen LogP contribution in [0.2, 0.25) is 10.0 Å². The molecule has 0 spiro atoms. The SMILES string of the molecule is CN(CC(=O)N1CC(=O)Nc2ccccc21)Cc1ccc(Cl)cc1Cl. The summed E-state index contributed by atoms with van der Waals surface area (Å²) in [6, 6.07) is 12.6. The molecule has 1 aliphatic rings. The van der Waals surface area contributed by atoms with E-state index in [0.717, 1.165) is 5.56 Å². The Bertz CT molecular complexity index is 826. The van der Waals surface area contributed by atoms with E-state index in [9.17, 15) is 9.59 Å². The van der Waals surface area contributed by atoms with Gasteiger partial charge in [-0.25, -0.2) is 0 Å². The van der Waals surface area contributed by atoms with Crippen LogP contribution in [-0.2, 0) is 16.1 Å². The van der Waals surface area contributed by atoms with Gasteiger partial charge in [0.1, 0.15) is 6.54 Å². The van der Waals surface area contributed by atoms with E-state index in [1.807, 2.05) is 36.2 Å². The Labute approximate surface area is 156 Å². The number of fused-ring (bicyclic) bond motifs is 1. The molecule has 0 saturated heterocycles. The molecule has 3 rings (SSSR count). The van der Waals surface area contributed by atoms with Crippen LogP contribution in [-0.4, -0.2) is 36.9 Å². The first-order valence-corrected chi connectivity index (χ1v) is 8.51. The highest BCUT2D eigenvalue weighted by Gasteiger charge is 2.27. The largest absolute Gasteiger partial charge is 0.323 e. The van der Waals surface area contributed by atoms with Crippen LogP contribution >= 0.6 is 23.2 Å². The average molecular weight is 378 g/mol. The number of halogens is 2. The standard InChI is InChI=1S/C18H17Cl2N3O2/c1-22(9-12-6-7-13(19)8-14(12)20)11-18(25)23-10-17(24)21-15-4-2-3-5-16(15)23/h2-8H,9-11H2,1H3,(H,21,24). The molecule has 1 aliphatic heterocycles. The van der Waals surface area contributed by atoms with Gasteiger partial charge >= 0.3 is 0 Å². The summed E-state index contributed by atoms with van der Waals surface area (Å²) in [5.74, 6) is -0.342. The lowest BCUT2D eigenvalue weighted by Gasteiger charge is -2.30. The predicted octanol–water partition coefficient (Wildman–Crippen LogP) is 3.41. The number of nitrogens with one attached hydrogen (secondary N) is 1. The number of benzene rings is 2. The molecule has 0 saturated carbocycles. The van der Waals surface area contributed by atoms with Crippen LogP contribution in [0.4, 0.5) is 11.4 Å². The van der Waals surface area contributed by atoms with Crippen molar-refractivity contribution in [3.63, 3.8) is 0 Å². The van der Waals surface area contributed by atoms with Gasteiger partial charge in [-0.15, -0.1) is 0 Å². The quantitative estimate of drug-likeness (QED) is 0.887. The van der Waals surface area contributed by atoms with E-state index in [1.165, 1.54) is 4.90 Å². The molecule has 5 nitrogen and oxygen atoms in total. The van der Waals surface area contributed by atoms with Crippen molar-refractivity contribution >= 4 is 46.4 Å². The van der Waals surface area contributed by atoms with Crippen LogP contribution in [0.15, 0.2) is 42.5 Å². The smallest absolute Gasteiger partial charge is 0.244 e. The van der Waals surface area contributed by atoms with Crippen molar-refractivity contribution in [3.8, 4) is 0 Å².